The third kappa shape index (κ3) is 2.75. The first-order valence-electron chi connectivity index (χ1n) is 4.65. The van der Waals surface area contributed by atoms with E-state index >= 15 is 0 Å². The fraction of sp³-hybridized carbons (Fsp3) is 0.400. The summed E-state index contributed by atoms with van der Waals surface area (Å²) < 4.78 is 20.9. The van der Waals surface area contributed by atoms with Crippen molar-refractivity contribution in [2.45, 2.75) is 22.6 Å². The molecule has 0 bridgehead atoms. The van der Waals surface area contributed by atoms with Gasteiger partial charge in [0.05, 0.1) is 11.5 Å². The van der Waals surface area contributed by atoms with E-state index in [1.165, 1.54) is 9.79 Å². The van der Waals surface area contributed by atoms with Crippen LogP contribution in [0.3, 0.4) is 0 Å². The van der Waals surface area contributed by atoms with Gasteiger partial charge in [-0.2, -0.15) is 0 Å². The summed E-state index contributed by atoms with van der Waals surface area (Å²) in [5.41, 5.74) is 0. The van der Waals surface area contributed by atoms with Crippen molar-refractivity contribution in [3.05, 3.63) is 24.3 Å². The fourth-order valence-corrected chi connectivity index (χ4v) is 3.46. The highest BCUT2D eigenvalue weighted by molar-refractivity contribution is 8.05. The van der Waals surface area contributed by atoms with Gasteiger partial charge in [-0.25, -0.2) is 8.42 Å². The number of hydrogen-bond acceptors (Lipinski definition) is 3. The Labute approximate surface area is 88.6 Å². The van der Waals surface area contributed by atoms with E-state index in [1.54, 1.807) is 0 Å². The van der Waals surface area contributed by atoms with Gasteiger partial charge in [0.15, 0.2) is 0 Å². The zero-order valence-electron chi connectivity index (χ0n) is 7.77. The van der Waals surface area contributed by atoms with Crippen LogP contribution >= 0.6 is 11.8 Å². The summed E-state index contributed by atoms with van der Waals surface area (Å²) in [5.74, 6) is 0.847. The first-order valence-corrected chi connectivity index (χ1v) is 7.28. The largest absolute Gasteiger partial charge is 0.229 e. The molecule has 1 aromatic carbocycles. The molecule has 1 fully saturated rings. The number of sulfone groups is 1. The number of fused-ring (bicyclic) bond motifs is 1. The van der Waals surface area contributed by atoms with Crippen LogP contribution in [0, 0.1) is 0 Å². The number of benzene rings is 1. The lowest BCUT2D eigenvalue weighted by Gasteiger charge is -1.81. The molecule has 2 nitrogen and oxygen atoms in total. The Balaban J connectivity index is 0.000000107. The fourth-order valence-electron chi connectivity index (χ4n) is 1.36. The zero-order chi connectivity index (χ0) is 10.0. The quantitative estimate of drug-likeness (QED) is 0.649. The van der Waals surface area contributed by atoms with Gasteiger partial charge in [0, 0.05) is 9.79 Å². The molecule has 2 aliphatic rings. The summed E-state index contributed by atoms with van der Waals surface area (Å²) in [5, 5.41) is 0. The molecule has 4 heteroatoms. The molecule has 3 rings (SSSR count). The van der Waals surface area contributed by atoms with Gasteiger partial charge in [-0.3, -0.25) is 0 Å². The van der Waals surface area contributed by atoms with Crippen molar-refractivity contribution < 1.29 is 8.42 Å². The highest BCUT2D eigenvalue weighted by Gasteiger charge is 2.16. The molecule has 76 valence electrons. The highest BCUT2D eigenvalue weighted by Crippen LogP contribution is 2.47. The molecule has 0 radical (unpaired) electrons. The normalized spacial score (nSPS) is 20.6. The second kappa shape index (κ2) is 3.95. The maximum Gasteiger partial charge on any atom is 0.150 e. The summed E-state index contributed by atoms with van der Waals surface area (Å²) >= 11 is 1.86. The SMILES string of the molecule is O=S1(=O)CCCC1.c1ccc2c(c1)S2. The third-order valence-corrected chi connectivity index (χ3v) is 4.96. The van der Waals surface area contributed by atoms with Crippen molar-refractivity contribution in [2.24, 2.45) is 0 Å². The Hall–Kier alpha value is -0.480. The predicted octanol–water partition coefficient (Wildman–Crippen LogP) is 2.35. The Morgan fingerprint density at radius 3 is 1.79 bits per heavy atom. The summed E-state index contributed by atoms with van der Waals surface area (Å²) in [4.78, 5) is 2.89. The molecule has 0 aliphatic carbocycles. The lowest BCUT2D eigenvalue weighted by molar-refractivity contribution is 0.602. The van der Waals surface area contributed by atoms with Crippen LogP contribution in [0.4, 0.5) is 0 Å². The lowest BCUT2D eigenvalue weighted by Crippen LogP contribution is -1.98. The van der Waals surface area contributed by atoms with Crippen LogP contribution in [-0.4, -0.2) is 19.9 Å². The maximum absolute atomic E-state index is 10.4. The number of hydrogen-bond donors (Lipinski definition) is 0. The van der Waals surface area contributed by atoms with Gasteiger partial charge in [0.25, 0.3) is 0 Å². The first kappa shape index (κ1) is 10.1. The van der Waals surface area contributed by atoms with E-state index in [1.807, 2.05) is 11.8 Å². The molecule has 0 saturated carbocycles. The van der Waals surface area contributed by atoms with E-state index in [2.05, 4.69) is 24.3 Å². The summed E-state index contributed by atoms with van der Waals surface area (Å²) in [6.45, 7) is 0. The highest BCUT2D eigenvalue weighted by atomic mass is 32.2. The van der Waals surface area contributed by atoms with Crippen LogP contribution in [0.5, 0.6) is 0 Å². The van der Waals surface area contributed by atoms with Crippen LogP contribution in [0.1, 0.15) is 12.8 Å². The molecule has 0 aromatic heterocycles. The molecule has 2 heterocycles. The summed E-state index contributed by atoms with van der Waals surface area (Å²) in [6, 6.07) is 8.41. The Morgan fingerprint density at radius 2 is 1.50 bits per heavy atom. The van der Waals surface area contributed by atoms with Crippen molar-refractivity contribution in [1.29, 1.82) is 0 Å². The van der Waals surface area contributed by atoms with E-state index in [4.69, 9.17) is 0 Å². The average molecular weight is 228 g/mol. The van der Waals surface area contributed by atoms with Crippen LogP contribution < -0.4 is 0 Å². The van der Waals surface area contributed by atoms with E-state index < -0.39 is 9.84 Å². The minimum atomic E-state index is -2.55. The molecular formula is C10H12O2S2. The Morgan fingerprint density at radius 1 is 1.00 bits per heavy atom. The summed E-state index contributed by atoms with van der Waals surface area (Å²) in [6.07, 6.45) is 1.75. The van der Waals surface area contributed by atoms with Gasteiger partial charge in [-0.15, -0.1) is 0 Å². The van der Waals surface area contributed by atoms with Crippen molar-refractivity contribution in [1.82, 2.24) is 0 Å². The Bertz CT molecular complexity index is 391. The molecule has 0 unspecified atom stereocenters. The van der Waals surface area contributed by atoms with Crippen molar-refractivity contribution in [2.75, 3.05) is 11.5 Å². The maximum atomic E-state index is 10.4. The van der Waals surface area contributed by atoms with Crippen LogP contribution in [0.2, 0.25) is 0 Å². The molecule has 2 aliphatic heterocycles. The van der Waals surface area contributed by atoms with Gasteiger partial charge < -0.3 is 0 Å². The topological polar surface area (TPSA) is 34.1 Å². The van der Waals surface area contributed by atoms with Gasteiger partial charge in [-0.1, -0.05) is 23.9 Å². The predicted molar refractivity (Wildman–Crippen MR) is 58.5 cm³/mol. The minimum Gasteiger partial charge on any atom is -0.229 e. The molecule has 14 heavy (non-hydrogen) atoms. The average Bonchev–Trinajstić information content (AvgIpc) is 2.84. The minimum absolute atomic E-state index is 0.424. The van der Waals surface area contributed by atoms with E-state index in [0.29, 0.717) is 11.5 Å². The van der Waals surface area contributed by atoms with E-state index in [-0.39, 0.29) is 0 Å². The van der Waals surface area contributed by atoms with Gasteiger partial charge in [-0.05, 0) is 25.0 Å². The Kier molecular flexibility index (Phi) is 2.83. The molecule has 0 atom stereocenters. The van der Waals surface area contributed by atoms with Crippen LogP contribution in [0.15, 0.2) is 34.1 Å². The molecule has 0 amide bonds. The van der Waals surface area contributed by atoms with Crippen molar-refractivity contribution in [3.8, 4) is 0 Å². The first-order chi connectivity index (χ1) is 6.67. The molecule has 1 aromatic rings. The monoisotopic (exact) mass is 228 g/mol. The smallest absolute Gasteiger partial charge is 0.150 e. The van der Waals surface area contributed by atoms with Crippen LogP contribution in [0.25, 0.3) is 0 Å². The molecular weight excluding hydrogens is 216 g/mol. The van der Waals surface area contributed by atoms with Crippen LogP contribution in [-0.2, 0) is 9.84 Å². The van der Waals surface area contributed by atoms with Gasteiger partial charge in [0.1, 0.15) is 9.84 Å². The molecule has 0 N–H and O–H groups in total. The second-order valence-electron chi connectivity index (χ2n) is 3.41. The third-order valence-electron chi connectivity index (χ3n) is 2.19. The lowest BCUT2D eigenvalue weighted by atomic mass is 10.4. The number of rotatable bonds is 0. The molecule has 0 spiro atoms. The summed E-state index contributed by atoms with van der Waals surface area (Å²) in [7, 11) is -2.55. The van der Waals surface area contributed by atoms with E-state index in [9.17, 15) is 8.42 Å². The van der Waals surface area contributed by atoms with Crippen molar-refractivity contribution >= 4 is 21.6 Å². The van der Waals surface area contributed by atoms with Crippen molar-refractivity contribution in [3.63, 3.8) is 0 Å². The standard InChI is InChI=1S/C6H4S.C4H8O2S/c1-2-4-6-5(3-1)7-6;5-7(6)3-1-2-4-7/h1-4H;1-4H2. The molecule has 1 saturated heterocycles. The zero-order valence-corrected chi connectivity index (χ0v) is 9.40. The van der Waals surface area contributed by atoms with Gasteiger partial charge >= 0.3 is 0 Å². The second-order valence-corrected chi connectivity index (χ2v) is 6.80. The van der Waals surface area contributed by atoms with E-state index in [0.717, 1.165) is 12.8 Å². The van der Waals surface area contributed by atoms with Gasteiger partial charge in [0.2, 0.25) is 0 Å².